The van der Waals surface area contributed by atoms with Gasteiger partial charge in [0.05, 0.1) is 3.79 Å². The van der Waals surface area contributed by atoms with E-state index < -0.39 is 0 Å². The first-order valence-electron chi connectivity index (χ1n) is 3.85. The molecule has 0 aliphatic heterocycles. The number of halogens is 1. The van der Waals surface area contributed by atoms with Crippen LogP contribution in [0.15, 0.2) is 15.9 Å². The summed E-state index contributed by atoms with van der Waals surface area (Å²) in [4.78, 5) is 1.18. The van der Waals surface area contributed by atoms with Crippen LogP contribution in [0.3, 0.4) is 0 Å². The molecule has 1 aromatic heterocycles. The maximum Gasteiger partial charge on any atom is 0.0701 e. The summed E-state index contributed by atoms with van der Waals surface area (Å²) in [6.45, 7) is 0.222. The van der Waals surface area contributed by atoms with E-state index >= 15 is 0 Å². The van der Waals surface area contributed by atoms with Gasteiger partial charge < -0.3 is 10.8 Å². The van der Waals surface area contributed by atoms with Crippen molar-refractivity contribution in [3.63, 3.8) is 0 Å². The molecular formula is C8H12BrNOS. The zero-order valence-corrected chi connectivity index (χ0v) is 9.07. The van der Waals surface area contributed by atoms with Crippen molar-refractivity contribution >= 4 is 27.3 Å². The van der Waals surface area contributed by atoms with Gasteiger partial charge in [-0.15, -0.1) is 11.3 Å². The maximum atomic E-state index is 8.61. The minimum Gasteiger partial charge on any atom is -0.396 e. The molecular weight excluding hydrogens is 238 g/mol. The van der Waals surface area contributed by atoms with E-state index in [-0.39, 0.29) is 12.6 Å². The van der Waals surface area contributed by atoms with Crippen molar-refractivity contribution < 1.29 is 5.11 Å². The fourth-order valence-electron chi connectivity index (χ4n) is 0.981. The molecule has 0 spiro atoms. The predicted molar refractivity (Wildman–Crippen MR) is 55.3 cm³/mol. The summed E-state index contributed by atoms with van der Waals surface area (Å²) in [7, 11) is 0. The highest BCUT2D eigenvalue weighted by atomic mass is 79.9. The molecule has 1 atom stereocenters. The topological polar surface area (TPSA) is 46.2 Å². The molecule has 0 aliphatic rings. The molecule has 3 N–H and O–H groups in total. The normalized spacial score (nSPS) is 13.2. The van der Waals surface area contributed by atoms with E-state index in [1.54, 1.807) is 11.3 Å². The van der Waals surface area contributed by atoms with E-state index in [2.05, 4.69) is 15.9 Å². The van der Waals surface area contributed by atoms with Gasteiger partial charge in [0, 0.05) is 17.5 Å². The fourth-order valence-corrected chi connectivity index (χ4v) is 2.44. The summed E-state index contributed by atoms with van der Waals surface area (Å²) in [6, 6.07) is 4.10. The van der Waals surface area contributed by atoms with E-state index in [4.69, 9.17) is 10.8 Å². The van der Waals surface area contributed by atoms with Crippen LogP contribution in [0.1, 0.15) is 23.8 Å². The van der Waals surface area contributed by atoms with Crippen LogP contribution in [-0.4, -0.2) is 11.7 Å². The molecule has 12 heavy (non-hydrogen) atoms. The van der Waals surface area contributed by atoms with E-state index in [1.807, 2.05) is 12.1 Å². The van der Waals surface area contributed by atoms with Gasteiger partial charge >= 0.3 is 0 Å². The Bertz CT molecular complexity index is 239. The van der Waals surface area contributed by atoms with Gasteiger partial charge in [0.15, 0.2) is 0 Å². The van der Waals surface area contributed by atoms with Crippen molar-refractivity contribution in [3.05, 3.63) is 20.8 Å². The van der Waals surface area contributed by atoms with Crippen molar-refractivity contribution in [1.29, 1.82) is 0 Å². The van der Waals surface area contributed by atoms with Crippen molar-refractivity contribution in [2.75, 3.05) is 6.61 Å². The van der Waals surface area contributed by atoms with Gasteiger partial charge in [0.1, 0.15) is 0 Å². The lowest BCUT2D eigenvalue weighted by Crippen LogP contribution is -2.08. The zero-order valence-electron chi connectivity index (χ0n) is 6.66. The third-order valence-corrected chi connectivity index (χ3v) is 3.39. The number of thiophene rings is 1. The highest BCUT2D eigenvalue weighted by Crippen LogP contribution is 2.27. The first kappa shape index (κ1) is 10.2. The molecule has 1 aromatic rings. The van der Waals surface area contributed by atoms with Crippen LogP contribution in [0, 0.1) is 0 Å². The van der Waals surface area contributed by atoms with Gasteiger partial charge in [0.25, 0.3) is 0 Å². The first-order valence-corrected chi connectivity index (χ1v) is 5.46. The Hall–Kier alpha value is 0.1000. The third kappa shape index (κ3) is 2.86. The second-order valence-corrected chi connectivity index (χ2v) is 5.11. The van der Waals surface area contributed by atoms with Crippen LogP contribution >= 0.6 is 27.3 Å². The second-order valence-electron chi connectivity index (χ2n) is 2.61. The number of aliphatic hydroxyl groups is 1. The average Bonchev–Trinajstić information content (AvgIpc) is 2.47. The summed E-state index contributed by atoms with van der Waals surface area (Å²) in [5, 5.41) is 8.61. The van der Waals surface area contributed by atoms with Crippen LogP contribution < -0.4 is 5.73 Å². The van der Waals surface area contributed by atoms with E-state index in [0.717, 1.165) is 16.6 Å². The van der Waals surface area contributed by atoms with Crippen molar-refractivity contribution in [3.8, 4) is 0 Å². The molecule has 2 nitrogen and oxygen atoms in total. The molecule has 1 unspecified atom stereocenters. The molecule has 1 heterocycles. The van der Waals surface area contributed by atoms with Crippen LogP contribution in [0.25, 0.3) is 0 Å². The molecule has 0 aliphatic carbocycles. The second kappa shape index (κ2) is 4.97. The molecule has 4 heteroatoms. The highest BCUT2D eigenvalue weighted by Gasteiger charge is 2.07. The van der Waals surface area contributed by atoms with E-state index in [9.17, 15) is 0 Å². The summed E-state index contributed by atoms with van der Waals surface area (Å²) in [5.41, 5.74) is 5.87. The minimum atomic E-state index is 0.0773. The highest BCUT2D eigenvalue weighted by molar-refractivity contribution is 9.11. The lowest BCUT2D eigenvalue weighted by molar-refractivity contribution is 0.280. The maximum absolute atomic E-state index is 8.61. The Balaban J connectivity index is 2.47. The van der Waals surface area contributed by atoms with Crippen LogP contribution in [0.5, 0.6) is 0 Å². The molecule has 68 valence electrons. The van der Waals surface area contributed by atoms with Gasteiger partial charge in [-0.05, 0) is 40.9 Å². The summed E-state index contributed by atoms with van der Waals surface area (Å²) >= 11 is 5.04. The lowest BCUT2D eigenvalue weighted by atomic mass is 10.1. The van der Waals surface area contributed by atoms with Gasteiger partial charge in [-0.25, -0.2) is 0 Å². The molecule has 0 aromatic carbocycles. The van der Waals surface area contributed by atoms with Gasteiger partial charge in [-0.1, -0.05) is 0 Å². The standard InChI is InChI=1S/C8H12BrNOS/c9-8-4-3-7(12-8)6(10)2-1-5-11/h3-4,6,11H,1-2,5,10H2. The van der Waals surface area contributed by atoms with Crippen LogP contribution in [0.2, 0.25) is 0 Å². The number of rotatable bonds is 4. The molecule has 0 fully saturated rings. The van der Waals surface area contributed by atoms with Crippen molar-refractivity contribution in [2.24, 2.45) is 5.73 Å². The quantitative estimate of drug-likeness (QED) is 0.861. The van der Waals surface area contributed by atoms with E-state index in [1.165, 1.54) is 4.88 Å². The van der Waals surface area contributed by atoms with Crippen molar-refractivity contribution in [1.82, 2.24) is 0 Å². The Labute approximate surface area is 84.5 Å². The zero-order chi connectivity index (χ0) is 8.97. The Kier molecular flexibility index (Phi) is 4.21. The van der Waals surface area contributed by atoms with E-state index in [0.29, 0.717) is 0 Å². The number of hydrogen-bond acceptors (Lipinski definition) is 3. The Morgan fingerprint density at radius 3 is 2.83 bits per heavy atom. The molecule has 0 amide bonds. The molecule has 0 bridgehead atoms. The van der Waals surface area contributed by atoms with Gasteiger partial charge in [-0.3, -0.25) is 0 Å². The SMILES string of the molecule is NC(CCCO)c1ccc(Br)s1. The number of nitrogens with two attached hydrogens (primary N) is 1. The fraction of sp³-hybridized carbons (Fsp3) is 0.500. The Morgan fingerprint density at radius 1 is 1.58 bits per heavy atom. The smallest absolute Gasteiger partial charge is 0.0701 e. The third-order valence-electron chi connectivity index (χ3n) is 1.63. The van der Waals surface area contributed by atoms with Crippen LogP contribution in [0.4, 0.5) is 0 Å². The monoisotopic (exact) mass is 249 g/mol. The largest absolute Gasteiger partial charge is 0.396 e. The summed E-state index contributed by atoms with van der Waals surface area (Å²) in [5.74, 6) is 0. The lowest BCUT2D eigenvalue weighted by Gasteiger charge is -2.06. The first-order chi connectivity index (χ1) is 5.74. The van der Waals surface area contributed by atoms with Gasteiger partial charge in [0.2, 0.25) is 0 Å². The molecule has 0 saturated carbocycles. The average molecular weight is 250 g/mol. The predicted octanol–water partition coefficient (Wildman–Crippen LogP) is 2.28. The summed E-state index contributed by atoms with van der Waals surface area (Å²) in [6.07, 6.45) is 1.63. The molecule has 1 rings (SSSR count). The number of hydrogen-bond donors (Lipinski definition) is 2. The minimum absolute atomic E-state index is 0.0773. The summed E-state index contributed by atoms with van der Waals surface area (Å²) < 4.78 is 1.11. The van der Waals surface area contributed by atoms with Gasteiger partial charge in [-0.2, -0.15) is 0 Å². The molecule has 0 saturated heterocycles. The van der Waals surface area contributed by atoms with Crippen LogP contribution in [-0.2, 0) is 0 Å². The number of aliphatic hydroxyl groups excluding tert-OH is 1. The molecule has 0 radical (unpaired) electrons. The Morgan fingerprint density at radius 2 is 2.33 bits per heavy atom. The van der Waals surface area contributed by atoms with Crippen molar-refractivity contribution in [2.45, 2.75) is 18.9 Å².